The predicted molar refractivity (Wildman–Crippen MR) is 56.2 cm³/mol. The molecule has 0 saturated carbocycles. The molecular weight excluding hydrogens is 168 g/mol. The number of rotatable bonds is 0. The van der Waals surface area contributed by atoms with E-state index >= 15 is 0 Å². The van der Waals surface area contributed by atoms with Gasteiger partial charge >= 0.3 is 0 Å². The molecule has 0 aromatic carbocycles. The maximum absolute atomic E-state index is 5.99. The topological polar surface area (TPSA) is 29.3 Å². The standard InChI is InChI=1S/C9H20N2S/c1-8(2)5-7(10)6-9(3,4)11(8)12/h7,12H,5-6,10H2,1-4H3. The lowest BCUT2D eigenvalue weighted by molar-refractivity contribution is 0.0576. The van der Waals surface area contributed by atoms with Crippen LogP contribution in [-0.2, 0) is 0 Å². The summed E-state index contributed by atoms with van der Waals surface area (Å²) in [5.74, 6) is 0. The minimum Gasteiger partial charge on any atom is -0.328 e. The maximum atomic E-state index is 5.99. The number of hydrogen-bond donors (Lipinski definition) is 2. The second-order valence-electron chi connectivity index (χ2n) is 5.10. The van der Waals surface area contributed by atoms with E-state index in [0.29, 0.717) is 6.04 Å². The molecule has 1 aliphatic heterocycles. The van der Waals surface area contributed by atoms with Gasteiger partial charge in [-0.2, -0.15) is 0 Å². The lowest BCUT2D eigenvalue weighted by atomic mass is 9.80. The highest BCUT2D eigenvalue weighted by Gasteiger charge is 2.42. The van der Waals surface area contributed by atoms with E-state index in [9.17, 15) is 0 Å². The molecule has 0 bridgehead atoms. The Hall–Kier alpha value is 0.270. The third kappa shape index (κ3) is 1.78. The van der Waals surface area contributed by atoms with Gasteiger partial charge in [0.2, 0.25) is 0 Å². The fourth-order valence-corrected chi connectivity index (χ4v) is 2.51. The van der Waals surface area contributed by atoms with Crippen LogP contribution in [0.1, 0.15) is 40.5 Å². The Kier molecular flexibility index (Phi) is 2.50. The molecule has 2 N–H and O–H groups in total. The van der Waals surface area contributed by atoms with Crippen molar-refractivity contribution in [1.82, 2.24) is 4.31 Å². The lowest BCUT2D eigenvalue weighted by Crippen LogP contribution is -2.59. The Morgan fingerprint density at radius 3 is 1.83 bits per heavy atom. The average molecular weight is 188 g/mol. The summed E-state index contributed by atoms with van der Waals surface area (Å²) in [5.41, 5.74) is 6.22. The molecule has 0 aromatic rings. The number of piperidine rings is 1. The molecule has 0 radical (unpaired) electrons. The van der Waals surface area contributed by atoms with Crippen LogP contribution in [0.2, 0.25) is 0 Å². The monoisotopic (exact) mass is 188 g/mol. The van der Waals surface area contributed by atoms with E-state index in [1.165, 1.54) is 0 Å². The summed E-state index contributed by atoms with van der Waals surface area (Å²) in [5, 5.41) is 0. The van der Waals surface area contributed by atoms with Crippen LogP contribution < -0.4 is 5.73 Å². The van der Waals surface area contributed by atoms with Gasteiger partial charge in [-0.3, -0.25) is 0 Å². The van der Waals surface area contributed by atoms with E-state index in [-0.39, 0.29) is 11.1 Å². The molecule has 3 heteroatoms. The van der Waals surface area contributed by atoms with E-state index in [1.807, 2.05) is 0 Å². The van der Waals surface area contributed by atoms with Gasteiger partial charge in [0, 0.05) is 17.1 Å². The van der Waals surface area contributed by atoms with E-state index in [4.69, 9.17) is 5.73 Å². The van der Waals surface area contributed by atoms with Gasteiger partial charge in [0.05, 0.1) is 0 Å². The number of thiol groups is 1. The molecule has 1 aliphatic rings. The van der Waals surface area contributed by atoms with Crippen molar-refractivity contribution in [2.75, 3.05) is 0 Å². The van der Waals surface area contributed by atoms with Crippen molar-refractivity contribution in [3.8, 4) is 0 Å². The average Bonchev–Trinajstić information content (AvgIpc) is 1.80. The van der Waals surface area contributed by atoms with Crippen LogP contribution >= 0.6 is 12.8 Å². The molecule has 0 amide bonds. The summed E-state index contributed by atoms with van der Waals surface area (Å²) in [6.07, 6.45) is 2.06. The molecule has 72 valence electrons. The van der Waals surface area contributed by atoms with E-state index in [0.717, 1.165) is 12.8 Å². The first-order chi connectivity index (χ1) is 5.26. The summed E-state index contributed by atoms with van der Waals surface area (Å²) in [6, 6.07) is 0.318. The molecule has 0 aromatic heterocycles. The normalized spacial score (nSPS) is 30.5. The predicted octanol–water partition coefficient (Wildman–Crippen LogP) is 1.81. The minimum absolute atomic E-state index is 0.115. The van der Waals surface area contributed by atoms with Crippen molar-refractivity contribution >= 4 is 12.8 Å². The first-order valence-corrected chi connectivity index (χ1v) is 4.90. The molecule has 2 nitrogen and oxygen atoms in total. The minimum atomic E-state index is 0.115. The summed E-state index contributed by atoms with van der Waals surface area (Å²) in [4.78, 5) is 0. The molecule has 1 fully saturated rings. The van der Waals surface area contributed by atoms with Gasteiger partial charge in [0.15, 0.2) is 0 Å². The third-order valence-corrected chi connectivity index (χ3v) is 3.75. The summed E-state index contributed by atoms with van der Waals surface area (Å²) < 4.78 is 2.14. The van der Waals surface area contributed by atoms with Crippen molar-refractivity contribution in [3.63, 3.8) is 0 Å². The molecule has 0 atom stereocenters. The second-order valence-corrected chi connectivity index (χ2v) is 5.50. The van der Waals surface area contributed by atoms with Gasteiger partial charge < -0.3 is 5.73 Å². The zero-order valence-electron chi connectivity index (χ0n) is 8.46. The van der Waals surface area contributed by atoms with Gasteiger partial charge in [-0.1, -0.05) is 12.8 Å². The number of hydrogen-bond acceptors (Lipinski definition) is 3. The van der Waals surface area contributed by atoms with Gasteiger partial charge in [-0.25, -0.2) is 4.31 Å². The Morgan fingerprint density at radius 2 is 1.50 bits per heavy atom. The summed E-state index contributed by atoms with van der Waals surface area (Å²) in [7, 11) is 0. The van der Waals surface area contributed by atoms with Gasteiger partial charge in [-0.15, -0.1) is 0 Å². The zero-order valence-corrected chi connectivity index (χ0v) is 9.36. The van der Waals surface area contributed by atoms with E-state index < -0.39 is 0 Å². The van der Waals surface area contributed by atoms with Crippen LogP contribution in [-0.4, -0.2) is 21.4 Å². The first kappa shape index (κ1) is 10.4. The molecule has 0 spiro atoms. The van der Waals surface area contributed by atoms with Crippen molar-refractivity contribution in [2.45, 2.75) is 57.7 Å². The number of nitrogens with zero attached hydrogens (tertiary/aromatic N) is 1. The molecule has 12 heavy (non-hydrogen) atoms. The zero-order chi connectivity index (χ0) is 9.57. The van der Waals surface area contributed by atoms with E-state index in [2.05, 4.69) is 44.8 Å². The Bertz CT molecular complexity index is 159. The van der Waals surface area contributed by atoms with Gasteiger partial charge in [0.1, 0.15) is 0 Å². The quantitative estimate of drug-likeness (QED) is 0.568. The maximum Gasteiger partial charge on any atom is 0.0275 e. The third-order valence-electron chi connectivity index (χ3n) is 2.67. The summed E-state index contributed by atoms with van der Waals surface area (Å²) >= 11 is 4.54. The van der Waals surface area contributed by atoms with Crippen LogP contribution in [0.15, 0.2) is 0 Å². The smallest absolute Gasteiger partial charge is 0.0275 e. The molecule has 0 unspecified atom stereocenters. The van der Waals surface area contributed by atoms with Crippen molar-refractivity contribution in [2.24, 2.45) is 5.73 Å². The SMILES string of the molecule is CC1(C)CC(N)CC(C)(C)N1S. The van der Waals surface area contributed by atoms with Crippen molar-refractivity contribution in [3.05, 3.63) is 0 Å². The highest BCUT2D eigenvalue weighted by Crippen LogP contribution is 2.38. The molecule has 1 rings (SSSR count). The Balaban J connectivity index is 2.84. The largest absolute Gasteiger partial charge is 0.328 e. The van der Waals surface area contributed by atoms with Crippen LogP contribution in [0.4, 0.5) is 0 Å². The fraction of sp³-hybridized carbons (Fsp3) is 1.00. The van der Waals surface area contributed by atoms with Crippen molar-refractivity contribution < 1.29 is 0 Å². The second kappa shape index (κ2) is 2.89. The van der Waals surface area contributed by atoms with Crippen molar-refractivity contribution in [1.29, 1.82) is 0 Å². The lowest BCUT2D eigenvalue weighted by Gasteiger charge is -2.51. The molecule has 1 saturated heterocycles. The van der Waals surface area contributed by atoms with Gasteiger partial charge in [0.25, 0.3) is 0 Å². The van der Waals surface area contributed by atoms with Crippen LogP contribution in [0.5, 0.6) is 0 Å². The number of nitrogens with two attached hydrogens (primary N) is 1. The van der Waals surface area contributed by atoms with Crippen LogP contribution in [0.25, 0.3) is 0 Å². The molecule has 1 heterocycles. The van der Waals surface area contributed by atoms with Crippen LogP contribution in [0, 0.1) is 0 Å². The molecule has 0 aliphatic carbocycles. The van der Waals surface area contributed by atoms with E-state index in [1.54, 1.807) is 0 Å². The first-order valence-electron chi connectivity index (χ1n) is 4.50. The Morgan fingerprint density at radius 1 is 1.17 bits per heavy atom. The van der Waals surface area contributed by atoms with Gasteiger partial charge in [-0.05, 0) is 40.5 Å². The van der Waals surface area contributed by atoms with Crippen LogP contribution in [0.3, 0.4) is 0 Å². The summed E-state index contributed by atoms with van der Waals surface area (Å²) in [6.45, 7) is 8.78. The fourth-order valence-electron chi connectivity index (χ4n) is 2.35. The highest BCUT2D eigenvalue weighted by atomic mass is 32.1. The Labute approximate surface area is 81.0 Å². The highest BCUT2D eigenvalue weighted by molar-refractivity contribution is 7.77. The molecular formula is C9H20N2S.